The van der Waals surface area contributed by atoms with Crippen LogP contribution in [0.2, 0.25) is 0 Å². The Morgan fingerprint density at radius 3 is 2.18 bits per heavy atom. The van der Waals surface area contributed by atoms with E-state index < -0.39 is 11.8 Å². The van der Waals surface area contributed by atoms with Crippen LogP contribution in [0.4, 0.5) is 20.6 Å². The van der Waals surface area contributed by atoms with Gasteiger partial charge in [-0.1, -0.05) is 12.1 Å². The van der Waals surface area contributed by atoms with E-state index in [9.17, 15) is 14.0 Å². The van der Waals surface area contributed by atoms with Crippen LogP contribution in [0.25, 0.3) is 0 Å². The predicted molar refractivity (Wildman–Crippen MR) is 79.9 cm³/mol. The summed E-state index contributed by atoms with van der Waals surface area (Å²) in [6.07, 6.45) is 0. The lowest BCUT2D eigenvalue weighted by Crippen LogP contribution is -2.31. The van der Waals surface area contributed by atoms with Gasteiger partial charge in [0.25, 0.3) is 0 Å². The molecule has 2 aromatic rings. The molecule has 2 amide bonds. The van der Waals surface area contributed by atoms with E-state index in [1.807, 2.05) is 0 Å². The van der Waals surface area contributed by atoms with Gasteiger partial charge in [-0.15, -0.1) is 0 Å². The Morgan fingerprint density at radius 2 is 1.59 bits per heavy atom. The first kappa shape index (κ1) is 14.1. The molecule has 1 aliphatic rings. The summed E-state index contributed by atoms with van der Waals surface area (Å²) in [6, 6.07) is 11.7. The third-order valence-electron chi connectivity index (χ3n) is 3.53. The van der Waals surface area contributed by atoms with E-state index >= 15 is 0 Å². The number of halogens is 1. The lowest BCUT2D eigenvalue weighted by atomic mass is 10.2. The summed E-state index contributed by atoms with van der Waals surface area (Å²) in [5.74, 6) is -1.45. The minimum atomic E-state index is -1.05. The standard InChI is InChI=1S/C16H13FN2O3/c17-12-4-2-6-14(10-12)19-8-7-18(16(19)22)13-5-1-3-11(9-13)15(20)21/h1-6,9-10H,7-8H2,(H,20,21). The van der Waals surface area contributed by atoms with Crippen molar-refractivity contribution in [3.63, 3.8) is 0 Å². The smallest absolute Gasteiger partial charge is 0.335 e. The number of carboxylic acids is 1. The predicted octanol–water partition coefficient (Wildman–Crippen LogP) is 2.97. The number of rotatable bonds is 3. The Balaban J connectivity index is 1.88. The van der Waals surface area contributed by atoms with Gasteiger partial charge in [-0.05, 0) is 36.4 Å². The van der Waals surface area contributed by atoms with Crippen molar-refractivity contribution >= 4 is 23.4 Å². The Bertz CT molecular complexity index is 748. The molecule has 0 radical (unpaired) electrons. The minimum Gasteiger partial charge on any atom is -0.478 e. The SMILES string of the molecule is O=C(O)c1cccc(N2CCN(c3cccc(F)c3)C2=O)c1. The van der Waals surface area contributed by atoms with Crippen LogP contribution in [0.3, 0.4) is 0 Å². The summed E-state index contributed by atoms with van der Waals surface area (Å²) in [6.45, 7) is 0.831. The van der Waals surface area contributed by atoms with Crippen LogP contribution < -0.4 is 9.80 Å². The molecule has 0 unspecified atom stereocenters. The van der Waals surface area contributed by atoms with Crippen LogP contribution in [-0.4, -0.2) is 30.2 Å². The summed E-state index contributed by atoms with van der Waals surface area (Å²) in [4.78, 5) is 26.5. The van der Waals surface area contributed by atoms with Gasteiger partial charge in [-0.3, -0.25) is 9.80 Å². The zero-order valence-corrected chi connectivity index (χ0v) is 11.6. The van der Waals surface area contributed by atoms with E-state index in [-0.39, 0.29) is 11.6 Å². The van der Waals surface area contributed by atoms with Crippen molar-refractivity contribution in [3.8, 4) is 0 Å². The highest BCUT2D eigenvalue weighted by Gasteiger charge is 2.31. The fourth-order valence-electron chi connectivity index (χ4n) is 2.47. The van der Waals surface area contributed by atoms with E-state index in [1.54, 1.807) is 24.3 Å². The Kier molecular flexibility index (Phi) is 3.50. The van der Waals surface area contributed by atoms with Gasteiger partial charge in [0.15, 0.2) is 0 Å². The number of nitrogens with zero attached hydrogens (tertiary/aromatic N) is 2. The number of carbonyl (C=O) groups excluding carboxylic acids is 1. The number of benzene rings is 2. The second kappa shape index (κ2) is 5.48. The van der Waals surface area contributed by atoms with Crippen molar-refractivity contribution in [3.05, 3.63) is 59.9 Å². The van der Waals surface area contributed by atoms with Gasteiger partial charge in [0.05, 0.1) is 5.56 Å². The molecule has 1 heterocycles. The maximum absolute atomic E-state index is 13.3. The topological polar surface area (TPSA) is 60.9 Å². The number of urea groups is 1. The maximum atomic E-state index is 13.3. The summed E-state index contributed by atoms with van der Waals surface area (Å²) in [5.41, 5.74) is 1.13. The van der Waals surface area contributed by atoms with Crippen molar-refractivity contribution in [2.24, 2.45) is 0 Å². The summed E-state index contributed by atoms with van der Waals surface area (Å²) in [5, 5.41) is 9.02. The third-order valence-corrected chi connectivity index (χ3v) is 3.53. The second-order valence-electron chi connectivity index (χ2n) is 4.92. The van der Waals surface area contributed by atoms with E-state index in [0.29, 0.717) is 24.5 Å². The summed E-state index contributed by atoms with van der Waals surface area (Å²) in [7, 11) is 0. The van der Waals surface area contributed by atoms with Crippen LogP contribution in [0, 0.1) is 5.82 Å². The molecular weight excluding hydrogens is 287 g/mol. The number of hydrogen-bond donors (Lipinski definition) is 1. The number of carbonyl (C=O) groups is 2. The highest BCUT2D eigenvalue weighted by Crippen LogP contribution is 2.26. The lowest BCUT2D eigenvalue weighted by Gasteiger charge is -2.19. The molecule has 112 valence electrons. The van der Waals surface area contributed by atoms with E-state index in [4.69, 9.17) is 5.11 Å². The van der Waals surface area contributed by atoms with Gasteiger partial charge in [0.1, 0.15) is 5.82 Å². The highest BCUT2D eigenvalue weighted by molar-refractivity contribution is 6.06. The lowest BCUT2D eigenvalue weighted by molar-refractivity contribution is 0.0697. The molecule has 1 fully saturated rings. The molecule has 0 aliphatic carbocycles. The highest BCUT2D eigenvalue weighted by atomic mass is 19.1. The first-order chi connectivity index (χ1) is 10.6. The zero-order valence-electron chi connectivity index (χ0n) is 11.6. The molecule has 3 rings (SSSR count). The number of carboxylic acid groups (broad SMARTS) is 1. The van der Waals surface area contributed by atoms with E-state index in [1.165, 1.54) is 34.1 Å². The number of anilines is 2. The number of amides is 2. The molecule has 5 nitrogen and oxygen atoms in total. The first-order valence-corrected chi connectivity index (χ1v) is 6.74. The molecule has 0 saturated carbocycles. The van der Waals surface area contributed by atoms with Gasteiger partial charge in [-0.2, -0.15) is 0 Å². The molecule has 22 heavy (non-hydrogen) atoms. The van der Waals surface area contributed by atoms with Crippen LogP contribution in [-0.2, 0) is 0 Å². The van der Waals surface area contributed by atoms with Crippen molar-refractivity contribution in [1.29, 1.82) is 0 Å². The fraction of sp³-hybridized carbons (Fsp3) is 0.125. The van der Waals surface area contributed by atoms with Crippen molar-refractivity contribution in [1.82, 2.24) is 0 Å². The quantitative estimate of drug-likeness (QED) is 0.948. The fourth-order valence-corrected chi connectivity index (χ4v) is 2.47. The van der Waals surface area contributed by atoms with Crippen molar-refractivity contribution in [2.75, 3.05) is 22.9 Å². The minimum absolute atomic E-state index is 0.120. The summed E-state index contributed by atoms with van der Waals surface area (Å²) < 4.78 is 13.3. The molecule has 0 aromatic heterocycles. The van der Waals surface area contributed by atoms with Gasteiger partial charge in [-0.25, -0.2) is 14.0 Å². The molecule has 1 N–H and O–H groups in total. The normalized spacial score (nSPS) is 14.5. The van der Waals surface area contributed by atoms with Crippen molar-refractivity contribution < 1.29 is 19.1 Å². The molecule has 0 spiro atoms. The molecule has 0 atom stereocenters. The Hall–Kier alpha value is -2.89. The molecule has 1 saturated heterocycles. The van der Waals surface area contributed by atoms with Gasteiger partial charge < -0.3 is 5.11 Å². The molecule has 0 bridgehead atoms. The summed E-state index contributed by atoms with van der Waals surface area (Å²) >= 11 is 0. The number of aromatic carboxylic acids is 1. The Labute approximate surface area is 126 Å². The molecule has 1 aliphatic heterocycles. The molecule has 2 aromatic carbocycles. The number of hydrogen-bond acceptors (Lipinski definition) is 2. The molecule has 6 heteroatoms. The van der Waals surface area contributed by atoms with E-state index in [0.717, 1.165) is 0 Å². The van der Waals surface area contributed by atoms with Crippen LogP contribution in [0.1, 0.15) is 10.4 Å². The van der Waals surface area contributed by atoms with Gasteiger partial charge >= 0.3 is 12.0 Å². The monoisotopic (exact) mass is 300 g/mol. The third kappa shape index (κ3) is 2.50. The maximum Gasteiger partial charge on any atom is 0.335 e. The second-order valence-corrected chi connectivity index (χ2v) is 4.92. The largest absolute Gasteiger partial charge is 0.478 e. The molecular formula is C16H13FN2O3. The first-order valence-electron chi connectivity index (χ1n) is 6.74. The van der Waals surface area contributed by atoms with E-state index in [2.05, 4.69) is 0 Å². The zero-order chi connectivity index (χ0) is 15.7. The van der Waals surface area contributed by atoms with Crippen molar-refractivity contribution in [2.45, 2.75) is 0 Å². The van der Waals surface area contributed by atoms with Crippen LogP contribution in [0.5, 0.6) is 0 Å². The Morgan fingerprint density at radius 1 is 1.00 bits per heavy atom. The average molecular weight is 300 g/mol. The van der Waals surface area contributed by atoms with Gasteiger partial charge in [0.2, 0.25) is 0 Å². The van der Waals surface area contributed by atoms with Crippen LogP contribution in [0.15, 0.2) is 48.5 Å². The average Bonchev–Trinajstić information content (AvgIpc) is 2.89. The van der Waals surface area contributed by atoms with Crippen LogP contribution >= 0.6 is 0 Å². The van der Waals surface area contributed by atoms with Gasteiger partial charge in [0, 0.05) is 24.5 Å².